The lowest BCUT2D eigenvalue weighted by atomic mass is 10.2. The van der Waals surface area contributed by atoms with E-state index < -0.39 is 5.24 Å². The van der Waals surface area contributed by atoms with Gasteiger partial charge in [0.05, 0.1) is 0 Å². The zero-order valence-electron chi connectivity index (χ0n) is 8.67. The van der Waals surface area contributed by atoms with Crippen LogP contribution in [0.1, 0.15) is 10.6 Å². The molecule has 0 aliphatic carbocycles. The van der Waals surface area contributed by atoms with Crippen LogP contribution in [0.4, 0.5) is 0 Å². The molecule has 3 rings (SSSR count). The maximum Gasteiger partial charge on any atom is 0.291 e. The van der Waals surface area contributed by atoms with Crippen molar-refractivity contribution in [1.82, 2.24) is 19.8 Å². The summed E-state index contributed by atoms with van der Waals surface area (Å²) in [4.78, 5) is 11.7. The number of nitrogens with zero attached hydrogens (tertiary/aromatic N) is 4. The van der Waals surface area contributed by atoms with Gasteiger partial charge >= 0.3 is 0 Å². The molecule has 0 saturated heterocycles. The summed E-state index contributed by atoms with van der Waals surface area (Å²) < 4.78 is 2.52. The van der Waals surface area contributed by atoms with E-state index in [0.29, 0.717) is 4.96 Å². The number of fused-ring (bicyclic) bond motifs is 1. The van der Waals surface area contributed by atoms with Gasteiger partial charge in [-0.1, -0.05) is 23.5 Å². The molecule has 8 heteroatoms. The molecule has 1 aromatic carbocycles. The highest BCUT2D eigenvalue weighted by molar-refractivity contribution is 14.1. The smallest absolute Gasteiger partial charge is 0.272 e. The molecule has 0 spiro atoms. The van der Waals surface area contributed by atoms with Gasteiger partial charge in [0.1, 0.15) is 5.01 Å². The van der Waals surface area contributed by atoms with Crippen molar-refractivity contribution in [2.24, 2.45) is 0 Å². The molecule has 0 radical (unpaired) electrons. The normalized spacial score (nSPS) is 11.0. The van der Waals surface area contributed by atoms with Crippen LogP contribution in [-0.2, 0) is 0 Å². The Morgan fingerprint density at radius 1 is 1.28 bits per heavy atom. The molecule has 18 heavy (non-hydrogen) atoms. The van der Waals surface area contributed by atoms with E-state index in [1.165, 1.54) is 15.9 Å². The fourth-order valence-corrected chi connectivity index (χ4v) is 2.77. The summed E-state index contributed by atoms with van der Waals surface area (Å²) in [6, 6.07) is 7.92. The second-order valence-electron chi connectivity index (χ2n) is 3.41. The molecular formula is C10H4ClIN4OS. The molecule has 5 nitrogen and oxygen atoms in total. The highest BCUT2D eigenvalue weighted by Crippen LogP contribution is 2.26. The Morgan fingerprint density at radius 2 is 2.00 bits per heavy atom. The molecule has 0 aliphatic rings. The van der Waals surface area contributed by atoms with Gasteiger partial charge in [0, 0.05) is 9.13 Å². The third-order valence-corrected chi connectivity index (χ3v) is 4.09. The maximum absolute atomic E-state index is 11.1. The highest BCUT2D eigenvalue weighted by Gasteiger charge is 2.16. The van der Waals surface area contributed by atoms with Crippen molar-refractivity contribution in [3.05, 3.63) is 33.7 Å². The summed E-state index contributed by atoms with van der Waals surface area (Å²) >= 11 is 9.00. The average molecular weight is 391 g/mol. The molecule has 3 aromatic rings. The van der Waals surface area contributed by atoms with E-state index in [2.05, 4.69) is 37.9 Å². The van der Waals surface area contributed by atoms with Gasteiger partial charge in [-0.2, -0.15) is 9.61 Å². The van der Waals surface area contributed by atoms with E-state index in [4.69, 9.17) is 11.6 Å². The minimum absolute atomic E-state index is 0.0414. The minimum Gasteiger partial charge on any atom is -0.272 e. The number of carbonyl (C=O) groups is 1. The van der Waals surface area contributed by atoms with Crippen molar-refractivity contribution in [2.45, 2.75) is 0 Å². The summed E-state index contributed by atoms with van der Waals surface area (Å²) in [5.41, 5.74) is 0.971. The van der Waals surface area contributed by atoms with Gasteiger partial charge in [0.25, 0.3) is 5.24 Å². The predicted octanol–water partition coefficient (Wildman–Crippen LogP) is 2.84. The van der Waals surface area contributed by atoms with E-state index >= 15 is 0 Å². The van der Waals surface area contributed by atoms with Gasteiger partial charge in [0.2, 0.25) is 10.8 Å². The number of hydrogen-bond donors (Lipinski definition) is 0. The van der Waals surface area contributed by atoms with E-state index in [1.807, 2.05) is 24.3 Å². The van der Waals surface area contributed by atoms with Gasteiger partial charge in [-0.3, -0.25) is 4.79 Å². The fraction of sp³-hybridized carbons (Fsp3) is 0. The van der Waals surface area contributed by atoms with Crippen molar-refractivity contribution in [3.8, 4) is 10.6 Å². The Hall–Kier alpha value is -1.06. The van der Waals surface area contributed by atoms with Crippen LogP contribution < -0.4 is 0 Å². The van der Waals surface area contributed by atoms with Gasteiger partial charge in [-0.05, 0) is 46.3 Å². The molecule has 0 N–H and O–H groups in total. The van der Waals surface area contributed by atoms with Crippen molar-refractivity contribution >= 4 is 55.7 Å². The number of carbonyl (C=O) groups excluding carboxylic acids is 1. The number of rotatable bonds is 2. The number of aromatic nitrogens is 4. The summed E-state index contributed by atoms with van der Waals surface area (Å²) in [6.07, 6.45) is 0. The lowest BCUT2D eigenvalue weighted by Crippen LogP contribution is -1.99. The number of benzene rings is 1. The quantitative estimate of drug-likeness (QED) is 0.499. The monoisotopic (exact) mass is 390 g/mol. The third kappa shape index (κ3) is 2.02. The van der Waals surface area contributed by atoms with Crippen LogP contribution in [0.3, 0.4) is 0 Å². The molecule has 0 fully saturated rings. The molecule has 0 unspecified atom stereocenters. The molecular weight excluding hydrogens is 387 g/mol. The molecule has 2 aromatic heterocycles. The first-order chi connectivity index (χ1) is 8.65. The van der Waals surface area contributed by atoms with E-state index in [0.717, 1.165) is 14.1 Å². The first-order valence-electron chi connectivity index (χ1n) is 4.83. The SMILES string of the molecule is O=C(Cl)c1nnc2sc(-c3ccc(I)cc3)nn12. The lowest BCUT2D eigenvalue weighted by molar-refractivity contribution is 0.107. The van der Waals surface area contributed by atoms with Gasteiger partial charge in [-0.25, -0.2) is 0 Å². The molecule has 2 heterocycles. The molecule has 0 atom stereocenters. The molecule has 0 amide bonds. The molecule has 0 bridgehead atoms. The second-order valence-corrected chi connectivity index (χ2v) is 5.95. The van der Waals surface area contributed by atoms with Gasteiger partial charge in [-0.15, -0.1) is 10.2 Å². The summed E-state index contributed by atoms with van der Waals surface area (Å²) in [5.74, 6) is 0.0414. The van der Waals surface area contributed by atoms with Gasteiger partial charge < -0.3 is 0 Å². The highest BCUT2D eigenvalue weighted by atomic mass is 127. The summed E-state index contributed by atoms with van der Waals surface area (Å²) in [5, 5.41) is 12.0. The van der Waals surface area contributed by atoms with Crippen LogP contribution in [0.15, 0.2) is 24.3 Å². The van der Waals surface area contributed by atoms with Gasteiger partial charge in [0.15, 0.2) is 0 Å². The first kappa shape index (κ1) is 12.0. The Kier molecular flexibility index (Phi) is 3.04. The Labute approximate surface area is 124 Å². The Bertz CT molecular complexity index is 736. The van der Waals surface area contributed by atoms with Crippen molar-refractivity contribution < 1.29 is 4.79 Å². The lowest BCUT2D eigenvalue weighted by Gasteiger charge is -1.94. The summed E-state index contributed by atoms with van der Waals surface area (Å²) in [7, 11) is 0. The van der Waals surface area contributed by atoms with E-state index in [-0.39, 0.29) is 5.82 Å². The fourth-order valence-electron chi connectivity index (χ4n) is 1.45. The van der Waals surface area contributed by atoms with E-state index in [1.54, 1.807) is 0 Å². The van der Waals surface area contributed by atoms with Crippen LogP contribution in [0.5, 0.6) is 0 Å². The Balaban J connectivity index is 2.13. The predicted molar refractivity (Wildman–Crippen MR) is 77.0 cm³/mol. The molecule has 90 valence electrons. The second kappa shape index (κ2) is 4.56. The standard InChI is InChI=1S/C10H4ClIN4OS/c11-7(17)8-13-14-10-16(8)15-9(18-10)5-1-3-6(12)4-2-5/h1-4H. The number of hydrogen-bond acceptors (Lipinski definition) is 5. The van der Waals surface area contributed by atoms with E-state index in [9.17, 15) is 4.79 Å². The zero-order chi connectivity index (χ0) is 12.7. The summed E-state index contributed by atoms with van der Waals surface area (Å²) in [6.45, 7) is 0. The minimum atomic E-state index is -0.665. The van der Waals surface area contributed by atoms with Crippen LogP contribution in [-0.4, -0.2) is 25.1 Å². The maximum atomic E-state index is 11.1. The average Bonchev–Trinajstić information content (AvgIpc) is 2.88. The zero-order valence-corrected chi connectivity index (χ0v) is 12.4. The number of halogens is 2. The van der Waals surface area contributed by atoms with Crippen molar-refractivity contribution in [2.75, 3.05) is 0 Å². The third-order valence-electron chi connectivity index (χ3n) is 2.26. The van der Waals surface area contributed by atoms with Crippen LogP contribution in [0, 0.1) is 3.57 Å². The van der Waals surface area contributed by atoms with Crippen LogP contribution in [0.25, 0.3) is 15.5 Å². The van der Waals surface area contributed by atoms with Crippen LogP contribution in [0.2, 0.25) is 0 Å². The Morgan fingerprint density at radius 3 is 2.67 bits per heavy atom. The van der Waals surface area contributed by atoms with Crippen LogP contribution >= 0.6 is 45.5 Å². The van der Waals surface area contributed by atoms with Crippen molar-refractivity contribution in [1.29, 1.82) is 0 Å². The molecule has 0 saturated carbocycles. The first-order valence-corrected chi connectivity index (χ1v) is 7.10. The van der Waals surface area contributed by atoms with Crippen molar-refractivity contribution in [3.63, 3.8) is 0 Å². The topological polar surface area (TPSA) is 60.2 Å². The molecule has 0 aliphatic heterocycles. The largest absolute Gasteiger partial charge is 0.291 e.